The van der Waals surface area contributed by atoms with Gasteiger partial charge in [0.25, 0.3) is 5.91 Å². The number of aliphatic hydroxyl groups is 1. The summed E-state index contributed by atoms with van der Waals surface area (Å²) in [6.07, 6.45) is 2.29. The number of para-hydroxylation sites is 1. The molecular formula is C16H18FN3O2. The summed E-state index contributed by atoms with van der Waals surface area (Å²) in [5, 5.41) is 13.3. The van der Waals surface area contributed by atoms with Crippen LogP contribution in [0.15, 0.2) is 30.5 Å². The van der Waals surface area contributed by atoms with E-state index in [0.717, 1.165) is 6.42 Å². The van der Waals surface area contributed by atoms with Crippen LogP contribution in [0.5, 0.6) is 0 Å². The Morgan fingerprint density at radius 2 is 2.23 bits per heavy atom. The van der Waals surface area contributed by atoms with E-state index in [9.17, 15) is 14.3 Å². The highest BCUT2D eigenvalue weighted by Gasteiger charge is 2.28. The molecule has 1 fully saturated rings. The molecule has 2 aromatic rings. The maximum absolute atomic E-state index is 13.9. The third-order valence-corrected chi connectivity index (χ3v) is 4.15. The largest absolute Gasteiger partial charge is 0.396 e. The second-order valence-corrected chi connectivity index (χ2v) is 5.60. The SMILES string of the molecule is Cc1c(C(=O)N2CC[C@@H](CO)C2)cnn1-c1ccccc1F. The molecule has 0 unspecified atom stereocenters. The standard InChI is InChI=1S/C16H18FN3O2/c1-11-13(16(22)19-7-6-12(9-19)10-21)8-18-20(11)15-5-3-2-4-14(15)17/h2-5,8,12,21H,6-7,9-10H2,1H3/t12-/m1/s1. The lowest BCUT2D eigenvalue weighted by Crippen LogP contribution is -2.29. The number of halogens is 1. The topological polar surface area (TPSA) is 58.4 Å². The lowest BCUT2D eigenvalue weighted by Gasteiger charge is -2.16. The number of nitrogens with zero attached hydrogens (tertiary/aromatic N) is 3. The lowest BCUT2D eigenvalue weighted by molar-refractivity contribution is 0.0781. The van der Waals surface area contributed by atoms with Crippen molar-refractivity contribution in [3.63, 3.8) is 0 Å². The molecule has 1 aromatic carbocycles. The van der Waals surface area contributed by atoms with Crippen molar-refractivity contribution in [3.8, 4) is 5.69 Å². The fourth-order valence-corrected chi connectivity index (χ4v) is 2.82. The Kier molecular flexibility index (Phi) is 3.94. The predicted molar refractivity (Wildman–Crippen MR) is 79.4 cm³/mol. The van der Waals surface area contributed by atoms with Gasteiger partial charge in [-0.2, -0.15) is 5.10 Å². The van der Waals surface area contributed by atoms with Crippen molar-refractivity contribution in [1.29, 1.82) is 0 Å². The number of likely N-dealkylation sites (tertiary alicyclic amines) is 1. The third-order valence-electron chi connectivity index (χ3n) is 4.15. The average molecular weight is 303 g/mol. The number of hydrogen-bond acceptors (Lipinski definition) is 3. The van der Waals surface area contributed by atoms with Crippen LogP contribution < -0.4 is 0 Å². The Bertz CT molecular complexity index is 698. The van der Waals surface area contributed by atoms with Crippen LogP contribution in [-0.2, 0) is 0 Å². The number of carbonyl (C=O) groups is 1. The van der Waals surface area contributed by atoms with E-state index in [-0.39, 0.29) is 24.2 Å². The molecule has 116 valence electrons. The lowest BCUT2D eigenvalue weighted by atomic mass is 10.1. The van der Waals surface area contributed by atoms with Crippen molar-refractivity contribution in [1.82, 2.24) is 14.7 Å². The van der Waals surface area contributed by atoms with Crippen molar-refractivity contribution in [2.45, 2.75) is 13.3 Å². The van der Waals surface area contributed by atoms with Crippen molar-refractivity contribution in [2.24, 2.45) is 5.92 Å². The van der Waals surface area contributed by atoms with E-state index >= 15 is 0 Å². The van der Waals surface area contributed by atoms with E-state index in [1.807, 2.05) is 0 Å². The van der Waals surface area contributed by atoms with Crippen LogP contribution >= 0.6 is 0 Å². The maximum Gasteiger partial charge on any atom is 0.257 e. The molecule has 3 rings (SSSR count). The van der Waals surface area contributed by atoms with E-state index in [1.165, 1.54) is 16.9 Å². The van der Waals surface area contributed by atoms with E-state index in [2.05, 4.69) is 5.10 Å². The molecule has 0 saturated carbocycles. The summed E-state index contributed by atoms with van der Waals surface area (Å²) in [6, 6.07) is 6.34. The minimum Gasteiger partial charge on any atom is -0.396 e. The van der Waals surface area contributed by atoms with Crippen molar-refractivity contribution in [2.75, 3.05) is 19.7 Å². The molecule has 1 amide bonds. The molecule has 1 N–H and O–H groups in total. The minimum atomic E-state index is -0.380. The number of aliphatic hydroxyl groups excluding tert-OH is 1. The van der Waals surface area contributed by atoms with Crippen molar-refractivity contribution < 1.29 is 14.3 Å². The van der Waals surface area contributed by atoms with Gasteiger partial charge in [0.1, 0.15) is 11.5 Å². The number of aromatic nitrogens is 2. The van der Waals surface area contributed by atoms with E-state index in [0.29, 0.717) is 30.0 Å². The highest BCUT2D eigenvalue weighted by atomic mass is 19.1. The maximum atomic E-state index is 13.9. The Morgan fingerprint density at radius 1 is 1.45 bits per heavy atom. The molecule has 1 aliphatic heterocycles. The van der Waals surface area contributed by atoms with Gasteiger partial charge in [-0.15, -0.1) is 0 Å². The summed E-state index contributed by atoms with van der Waals surface area (Å²) in [6.45, 7) is 3.04. The highest BCUT2D eigenvalue weighted by Crippen LogP contribution is 2.22. The molecule has 0 aliphatic carbocycles. The van der Waals surface area contributed by atoms with Gasteiger partial charge < -0.3 is 10.0 Å². The normalized spacial score (nSPS) is 18.0. The monoisotopic (exact) mass is 303 g/mol. The van der Waals surface area contributed by atoms with Gasteiger partial charge in [0.15, 0.2) is 0 Å². The zero-order chi connectivity index (χ0) is 15.7. The number of amides is 1. The van der Waals surface area contributed by atoms with Crippen LogP contribution in [0.2, 0.25) is 0 Å². The van der Waals surface area contributed by atoms with Gasteiger partial charge in [-0.3, -0.25) is 4.79 Å². The Balaban J connectivity index is 1.88. The Hall–Kier alpha value is -2.21. The molecule has 22 heavy (non-hydrogen) atoms. The first kappa shape index (κ1) is 14.7. The third kappa shape index (κ3) is 2.50. The summed E-state index contributed by atoms with van der Waals surface area (Å²) >= 11 is 0. The number of rotatable bonds is 3. The average Bonchev–Trinajstić information content (AvgIpc) is 3.14. The molecule has 1 atom stereocenters. The van der Waals surface area contributed by atoms with Crippen LogP contribution in [0.25, 0.3) is 5.69 Å². The van der Waals surface area contributed by atoms with Crippen LogP contribution in [0.1, 0.15) is 22.5 Å². The van der Waals surface area contributed by atoms with Crippen molar-refractivity contribution >= 4 is 5.91 Å². The van der Waals surface area contributed by atoms with Gasteiger partial charge in [0, 0.05) is 25.6 Å². The van der Waals surface area contributed by atoms with Gasteiger partial charge >= 0.3 is 0 Å². The summed E-state index contributed by atoms with van der Waals surface area (Å²) in [4.78, 5) is 14.3. The van der Waals surface area contributed by atoms with Gasteiger partial charge in [-0.1, -0.05) is 12.1 Å². The minimum absolute atomic E-state index is 0.0945. The first-order valence-electron chi connectivity index (χ1n) is 7.31. The smallest absolute Gasteiger partial charge is 0.257 e. The molecule has 0 bridgehead atoms. The van der Waals surface area contributed by atoms with E-state index < -0.39 is 0 Å². The van der Waals surface area contributed by atoms with Crippen LogP contribution in [0.3, 0.4) is 0 Å². The second kappa shape index (κ2) is 5.88. The summed E-state index contributed by atoms with van der Waals surface area (Å²) in [7, 11) is 0. The van der Waals surface area contributed by atoms with Crippen LogP contribution in [0, 0.1) is 18.7 Å². The molecule has 1 aliphatic rings. The molecule has 2 heterocycles. The second-order valence-electron chi connectivity index (χ2n) is 5.60. The number of benzene rings is 1. The first-order valence-corrected chi connectivity index (χ1v) is 7.31. The van der Waals surface area contributed by atoms with Crippen molar-refractivity contribution in [3.05, 3.63) is 47.5 Å². The first-order chi connectivity index (χ1) is 10.6. The van der Waals surface area contributed by atoms with Crippen LogP contribution in [0.4, 0.5) is 4.39 Å². The summed E-state index contributed by atoms with van der Waals surface area (Å²) in [5.74, 6) is -0.351. The number of carbonyl (C=O) groups excluding carboxylic acids is 1. The zero-order valence-corrected chi connectivity index (χ0v) is 12.4. The Morgan fingerprint density at radius 3 is 2.91 bits per heavy atom. The molecular weight excluding hydrogens is 285 g/mol. The highest BCUT2D eigenvalue weighted by molar-refractivity contribution is 5.95. The summed E-state index contributed by atoms with van der Waals surface area (Å²) in [5.41, 5.74) is 1.41. The van der Waals surface area contributed by atoms with E-state index in [1.54, 1.807) is 30.0 Å². The Labute approximate surface area is 128 Å². The van der Waals surface area contributed by atoms with Gasteiger partial charge in [-0.05, 0) is 25.5 Å². The quantitative estimate of drug-likeness (QED) is 0.940. The van der Waals surface area contributed by atoms with Gasteiger partial charge in [0.05, 0.1) is 17.5 Å². The molecule has 1 saturated heterocycles. The van der Waals surface area contributed by atoms with Gasteiger partial charge in [0.2, 0.25) is 0 Å². The van der Waals surface area contributed by atoms with E-state index in [4.69, 9.17) is 0 Å². The molecule has 6 heteroatoms. The predicted octanol–water partition coefficient (Wildman–Crippen LogP) is 1.77. The molecule has 1 aromatic heterocycles. The summed E-state index contributed by atoms with van der Waals surface area (Å²) < 4.78 is 15.3. The zero-order valence-electron chi connectivity index (χ0n) is 12.4. The number of hydrogen-bond donors (Lipinski definition) is 1. The molecule has 5 nitrogen and oxygen atoms in total. The molecule has 0 spiro atoms. The molecule has 0 radical (unpaired) electrons. The van der Waals surface area contributed by atoms with Crippen LogP contribution in [-0.4, -0.2) is 45.4 Å². The fraction of sp³-hybridized carbons (Fsp3) is 0.375. The fourth-order valence-electron chi connectivity index (χ4n) is 2.82. The van der Waals surface area contributed by atoms with Gasteiger partial charge in [-0.25, -0.2) is 9.07 Å².